The molecule has 3 heteroatoms. The third kappa shape index (κ3) is 2.54. The highest BCUT2D eigenvalue weighted by Crippen LogP contribution is 2.45. The minimum Gasteiger partial charge on any atom is -0.481 e. The lowest BCUT2D eigenvalue weighted by Crippen LogP contribution is -2.29. The first kappa shape index (κ1) is 13.1. The quantitative estimate of drug-likeness (QED) is 0.877. The van der Waals surface area contributed by atoms with E-state index < -0.39 is 11.4 Å². The van der Waals surface area contributed by atoms with Gasteiger partial charge in [0.25, 0.3) is 0 Å². The summed E-state index contributed by atoms with van der Waals surface area (Å²) < 4.78 is 0. The smallest absolute Gasteiger partial charge is 0.310 e. The van der Waals surface area contributed by atoms with E-state index in [2.05, 4.69) is 48.6 Å². The van der Waals surface area contributed by atoms with Gasteiger partial charge in [-0.15, -0.1) is 0 Å². The fourth-order valence-corrected chi connectivity index (χ4v) is 2.59. The predicted octanol–water partition coefficient (Wildman–Crippen LogP) is 3.10. The molecule has 3 rings (SSSR count). The Balaban J connectivity index is 1.66. The molecule has 0 radical (unpaired) electrons. The molecule has 1 saturated carbocycles. The molecule has 1 aliphatic carbocycles. The Kier molecular flexibility index (Phi) is 3.22. The summed E-state index contributed by atoms with van der Waals surface area (Å²) in [5.74, 6) is -0.668. The van der Waals surface area contributed by atoms with E-state index in [0.29, 0.717) is 6.54 Å². The minimum absolute atomic E-state index is 0.492. The second-order valence-electron chi connectivity index (χ2n) is 5.87. The van der Waals surface area contributed by atoms with E-state index in [9.17, 15) is 4.79 Å². The van der Waals surface area contributed by atoms with Crippen LogP contribution in [0, 0.1) is 12.3 Å². The first-order valence-corrected chi connectivity index (χ1v) is 7.03. The molecule has 2 aromatic carbocycles. The van der Waals surface area contributed by atoms with Crippen LogP contribution in [0.4, 0.5) is 0 Å². The number of carbonyl (C=O) groups is 1. The van der Waals surface area contributed by atoms with Crippen LogP contribution in [0.5, 0.6) is 0 Å². The largest absolute Gasteiger partial charge is 0.481 e. The van der Waals surface area contributed by atoms with E-state index in [0.717, 1.165) is 19.4 Å². The summed E-state index contributed by atoms with van der Waals surface area (Å²) in [5.41, 5.74) is 1.97. The van der Waals surface area contributed by atoms with Gasteiger partial charge in [0.15, 0.2) is 0 Å². The van der Waals surface area contributed by atoms with Crippen molar-refractivity contribution >= 4 is 16.7 Å². The van der Waals surface area contributed by atoms with Crippen molar-refractivity contribution in [2.75, 3.05) is 6.54 Å². The van der Waals surface area contributed by atoms with E-state index in [1.807, 2.05) is 0 Å². The zero-order valence-electron chi connectivity index (χ0n) is 11.6. The number of hydrogen-bond acceptors (Lipinski definition) is 2. The number of carboxylic acid groups (broad SMARTS) is 1. The van der Waals surface area contributed by atoms with Crippen LogP contribution in [0.25, 0.3) is 10.8 Å². The minimum atomic E-state index is -0.668. The molecular formula is C17H19NO2. The standard InChI is InChI=1S/C17H19NO2/c1-12-2-4-15-9-13(3-5-14(15)8-12)10-18-11-17(6-7-17)16(19)20/h2-5,8-9,18H,6-7,10-11H2,1H3,(H,19,20). The van der Waals surface area contributed by atoms with Crippen molar-refractivity contribution in [3.63, 3.8) is 0 Å². The second-order valence-corrected chi connectivity index (χ2v) is 5.87. The van der Waals surface area contributed by atoms with Crippen molar-refractivity contribution in [2.45, 2.75) is 26.3 Å². The molecule has 20 heavy (non-hydrogen) atoms. The zero-order valence-corrected chi connectivity index (χ0v) is 11.6. The Morgan fingerprint density at radius 1 is 1.20 bits per heavy atom. The molecule has 0 unspecified atom stereocenters. The maximum Gasteiger partial charge on any atom is 0.310 e. The molecule has 0 aromatic heterocycles. The summed E-state index contributed by atoms with van der Waals surface area (Å²) >= 11 is 0. The maximum absolute atomic E-state index is 11.1. The van der Waals surface area contributed by atoms with Gasteiger partial charge in [0.05, 0.1) is 5.41 Å². The molecule has 3 nitrogen and oxygen atoms in total. The van der Waals surface area contributed by atoms with E-state index in [-0.39, 0.29) is 0 Å². The summed E-state index contributed by atoms with van der Waals surface area (Å²) in [6, 6.07) is 12.8. The number of rotatable bonds is 5. The molecular weight excluding hydrogens is 250 g/mol. The zero-order chi connectivity index (χ0) is 14.2. The molecule has 0 amide bonds. The van der Waals surface area contributed by atoms with Gasteiger partial charge in [0, 0.05) is 13.1 Å². The third-order valence-corrected chi connectivity index (χ3v) is 4.16. The highest BCUT2D eigenvalue weighted by Gasteiger charge is 2.49. The number of aryl methyl sites for hydroxylation is 1. The van der Waals surface area contributed by atoms with E-state index >= 15 is 0 Å². The van der Waals surface area contributed by atoms with Crippen molar-refractivity contribution < 1.29 is 9.90 Å². The van der Waals surface area contributed by atoms with Crippen molar-refractivity contribution in [3.8, 4) is 0 Å². The average Bonchev–Trinajstić information content (AvgIpc) is 3.20. The van der Waals surface area contributed by atoms with Gasteiger partial charge < -0.3 is 10.4 Å². The Morgan fingerprint density at radius 3 is 2.60 bits per heavy atom. The van der Waals surface area contributed by atoms with Crippen molar-refractivity contribution in [1.29, 1.82) is 0 Å². The van der Waals surface area contributed by atoms with Crippen LogP contribution in [0.2, 0.25) is 0 Å². The number of hydrogen-bond donors (Lipinski definition) is 2. The van der Waals surface area contributed by atoms with Crippen LogP contribution in [0.15, 0.2) is 36.4 Å². The van der Waals surface area contributed by atoms with Gasteiger partial charge in [-0.1, -0.05) is 35.9 Å². The summed E-state index contributed by atoms with van der Waals surface area (Å²) in [6.45, 7) is 3.38. The molecule has 2 aromatic rings. The molecule has 2 N–H and O–H groups in total. The van der Waals surface area contributed by atoms with Crippen molar-refractivity contribution in [3.05, 3.63) is 47.5 Å². The summed E-state index contributed by atoms with van der Waals surface area (Å²) in [4.78, 5) is 11.1. The Hall–Kier alpha value is -1.87. The Bertz CT molecular complexity index is 659. The van der Waals surface area contributed by atoms with Gasteiger partial charge in [-0.3, -0.25) is 4.79 Å². The monoisotopic (exact) mass is 269 g/mol. The van der Waals surface area contributed by atoms with Gasteiger partial charge >= 0.3 is 5.97 Å². The van der Waals surface area contributed by atoms with Crippen molar-refractivity contribution in [1.82, 2.24) is 5.32 Å². The lowest BCUT2D eigenvalue weighted by atomic mass is 10.0. The molecule has 0 atom stereocenters. The Morgan fingerprint density at radius 2 is 1.90 bits per heavy atom. The molecule has 0 aliphatic heterocycles. The second kappa shape index (κ2) is 4.91. The lowest BCUT2D eigenvalue weighted by Gasteiger charge is -2.11. The van der Waals surface area contributed by atoms with Crippen LogP contribution in [0.1, 0.15) is 24.0 Å². The Labute approximate surface area is 118 Å². The molecule has 0 spiro atoms. The number of fused-ring (bicyclic) bond motifs is 1. The van der Waals surface area contributed by atoms with Gasteiger partial charge in [0.1, 0.15) is 0 Å². The summed E-state index contributed by atoms with van der Waals surface area (Å²) in [5, 5.41) is 14.9. The van der Waals surface area contributed by atoms with Crippen LogP contribution >= 0.6 is 0 Å². The molecule has 0 bridgehead atoms. The van der Waals surface area contributed by atoms with Gasteiger partial charge in [-0.2, -0.15) is 0 Å². The number of aliphatic carboxylic acids is 1. The lowest BCUT2D eigenvalue weighted by molar-refractivity contribution is -0.143. The fourth-order valence-electron chi connectivity index (χ4n) is 2.59. The van der Waals surface area contributed by atoms with Crippen LogP contribution in [-0.4, -0.2) is 17.6 Å². The molecule has 0 saturated heterocycles. The highest BCUT2D eigenvalue weighted by atomic mass is 16.4. The van der Waals surface area contributed by atoms with Gasteiger partial charge in [0.2, 0.25) is 0 Å². The predicted molar refractivity (Wildman–Crippen MR) is 79.7 cm³/mol. The normalized spacial score (nSPS) is 16.2. The molecule has 104 valence electrons. The summed E-state index contributed by atoms with van der Waals surface area (Å²) in [7, 11) is 0. The maximum atomic E-state index is 11.1. The molecule has 0 heterocycles. The van der Waals surface area contributed by atoms with Gasteiger partial charge in [-0.05, 0) is 42.2 Å². The topological polar surface area (TPSA) is 49.3 Å². The summed E-state index contributed by atoms with van der Waals surface area (Å²) in [6.07, 6.45) is 1.60. The number of benzene rings is 2. The average molecular weight is 269 g/mol. The molecule has 1 aliphatic rings. The molecule has 1 fully saturated rings. The SMILES string of the molecule is Cc1ccc2cc(CNCC3(C(=O)O)CC3)ccc2c1. The number of carboxylic acids is 1. The first-order valence-electron chi connectivity index (χ1n) is 7.03. The highest BCUT2D eigenvalue weighted by molar-refractivity contribution is 5.83. The van der Waals surface area contributed by atoms with Crippen molar-refractivity contribution in [2.24, 2.45) is 5.41 Å². The fraction of sp³-hybridized carbons (Fsp3) is 0.353. The third-order valence-electron chi connectivity index (χ3n) is 4.16. The van der Waals surface area contributed by atoms with E-state index in [1.54, 1.807) is 0 Å². The first-order chi connectivity index (χ1) is 9.59. The van der Waals surface area contributed by atoms with Crippen LogP contribution < -0.4 is 5.32 Å². The number of nitrogens with one attached hydrogen (secondary N) is 1. The van der Waals surface area contributed by atoms with E-state index in [4.69, 9.17) is 5.11 Å². The van der Waals surface area contributed by atoms with E-state index in [1.165, 1.54) is 21.9 Å². The van der Waals surface area contributed by atoms with Crippen LogP contribution in [0.3, 0.4) is 0 Å². The van der Waals surface area contributed by atoms with Crippen LogP contribution in [-0.2, 0) is 11.3 Å². The van der Waals surface area contributed by atoms with Gasteiger partial charge in [-0.25, -0.2) is 0 Å².